The zero-order valence-electron chi connectivity index (χ0n) is 10.0. The summed E-state index contributed by atoms with van der Waals surface area (Å²) < 4.78 is 0. The number of halogens is 1. The van der Waals surface area contributed by atoms with Crippen LogP contribution in [0.1, 0.15) is 11.6 Å². The van der Waals surface area contributed by atoms with Crippen molar-refractivity contribution in [3.8, 4) is 0 Å². The van der Waals surface area contributed by atoms with Gasteiger partial charge in [-0.15, -0.1) is 0 Å². The van der Waals surface area contributed by atoms with E-state index in [0.29, 0.717) is 5.02 Å². The van der Waals surface area contributed by atoms with Gasteiger partial charge in [-0.3, -0.25) is 9.69 Å². The van der Waals surface area contributed by atoms with Gasteiger partial charge in [-0.05, 0) is 17.7 Å². The smallest absolute Gasteiger partial charge is 0.239 e. The van der Waals surface area contributed by atoms with Gasteiger partial charge in [-0.25, -0.2) is 0 Å². The van der Waals surface area contributed by atoms with Crippen LogP contribution in [0.3, 0.4) is 0 Å². The topological polar surface area (TPSA) is 44.4 Å². The van der Waals surface area contributed by atoms with Gasteiger partial charge in [0.15, 0.2) is 0 Å². The summed E-state index contributed by atoms with van der Waals surface area (Å²) in [5.74, 6) is 0.110. The molecule has 4 nitrogen and oxygen atoms in total. The maximum Gasteiger partial charge on any atom is 0.239 e. The zero-order valence-corrected chi connectivity index (χ0v) is 10.8. The van der Waals surface area contributed by atoms with Crippen LogP contribution in [0.4, 0.5) is 0 Å². The molecule has 5 heteroatoms. The molecule has 1 aromatic carbocycles. The van der Waals surface area contributed by atoms with Crippen LogP contribution in [-0.4, -0.2) is 43.0 Å². The lowest BCUT2D eigenvalue weighted by atomic mass is 10.00. The Balaban J connectivity index is 1.81. The van der Waals surface area contributed by atoms with E-state index in [2.05, 4.69) is 15.5 Å². The molecule has 0 aromatic heterocycles. The summed E-state index contributed by atoms with van der Waals surface area (Å²) in [4.78, 5) is 14.3. The van der Waals surface area contributed by atoms with Crippen molar-refractivity contribution in [1.29, 1.82) is 0 Å². The molecule has 96 valence electrons. The Hall–Kier alpha value is -1.10. The summed E-state index contributed by atoms with van der Waals surface area (Å²) in [6.45, 7) is 3.48. The molecule has 2 aliphatic heterocycles. The van der Waals surface area contributed by atoms with Crippen molar-refractivity contribution >= 4 is 17.5 Å². The zero-order chi connectivity index (χ0) is 12.5. The third-order valence-corrected chi connectivity index (χ3v) is 3.88. The molecular formula is C13H16ClN3O. The molecule has 2 heterocycles. The quantitative estimate of drug-likeness (QED) is 0.789. The third-order valence-electron chi connectivity index (χ3n) is 3.64. The number of hydrogen-bond acceptors (Lipinski definition) is 3. The van der Waals surface area contributed by atoms with Gasteiger partial charge < -0.3 is 10.6 Å². The van der Waals surface area contributed by atoms with Crippen LogP contribution in [0.2, 0.25) is 5.02 Å². The Kier molecular flexibility index (Phi) is 3.24. The molecule has 1 aromatic rings. The summed E-state index contributed by atoms with van der Waals surface area (Å²) in [6.07, 6.45) is 0. The molecular weight excluding hydrogens is 250 g/mol. The second-order valence-corrected chi connectivity index (χ2v) is 5.27. The highest BCUT2D eigenvalue weighted by Crippen LogP contribution is 2.23. The molecule has 0 radical (unpaired) electrons. The molecule has 2 N–H and O–H groups in total. The Labute approximate surface area is 111 Å². The molecule has 2 atom stereocenters. The molecule has 0 spiro atoms. The molecule has 18 heavy (non-hydrogen) atoms. The van der Waals surface area contributed by atoms with Gasteiger partial charge in [-0.1, -0.05) is 23.7 Å². The Bertz CT molecular complexity index is 465. The fourth-order valence-corrected chi connectivity index (χ4v) is 2.88. The minimum atomic E-state index is -0.0193. The number of hydrogen-bond donors (Lipinski definition) is 2. The molecule has 3 rings (SSSR count). The largest absolute Gasteiger partial charge is 0.347 e. The number of carbonyl (C=O) groups is 1. The Morgan fingerprint density at radius 2 is 2.28 bits per heavy atom. The van der Waals surface area contributed by atoms with E-state index in [9.17, 15) is 4.79 Å². The molecule has 2 saturated heterocycles. The Morgan fingerprint density at radius 3 is 3.11 bits per heavy atom. The molecule has 0 aliphatic carbocycles. The number of fused-ring (bicyclic) bond motifs is 1. The van der Waals surface area contributed by atoms with Crippen molar-refractivity contribution in [2.24, 2.45) is 0 Å². The van der Waals surface area contributed by atoms with Gasteiger partial charge in [0.1, 0.15) is 6.04 Å². The van der Waals surface area contributed by atoms with Crippen LogP contribution in [0, 0.1) is 0 Å². The molecule has 0 saturated carbocycles. The first-order valence-electron chi connectivity index (χ1n) is 6.24. The average molecular weight is 266 g/mol. The predicted molar refractivity (Wildman–Crippen MR) is 70.6 cm³/mol. The Morgan fingerprint density at radius 1 is 1.39 bits per heavy atom. The van der Waals surface area contributed by atoms with Crippen molar-refractivity contribution in [3.63, 3.8) is 0 Å². The number of carbonyl (C=O) groups excluding carboxylic acids is 1. The lowest BCUT2D eigenvalue weighted by Crippen LogP contribution is -2.63. The minimum Gasteiger partial charge on any atom is -0.347 e. The summed E-state index contributed by atoms with van der Waals surface area (Å²) in [5, 5.41) is 7.05. The monoisotopic (exact) mass is 265 g/mol. The van der Waals surface area contributed by atoms with Crippen LogP contribution < -0.4 is 10.6 Å². The van der Waals surface area contributed by atoms with E-state index in [1.807, 2.05) is 24.3 Å². The number of nitrogens with zero attached hydrogens (tertiary/aromatic N) is 1. The van der Waals surface area contributed by atoms with E-state index in [1.54, 1.807) is 0 Å². The number of piperazine rings is 2. The summed E-state index contributed by atoms with van der Waals surface area (Å²) in [7, 11) is 0. The van der Waals surface area contributed by atoms with Gasteiger partial charge in [0.2, 0.25) is 5.91 Å². The lowest BCUT2D eigenvalue weighted by Gasteiger charge is -2.42. The van der Waals surface area contributed by atoms with Gasteiger partial charge in [-0.2, -0.15) is 0 Å². The highest BCUT2D eigenvalue weighted by atomic mass is 35.5. The van der Waals surface area contributed by atoms with Crippen LogP contribution in [-0.2, 0) is 4.79 Å². The maximum atomic E-state index is 12.1. The van der Waals surface area contributed by atoms with Crippen molar-refractivity contribution in [3.05, 3.63) is 34.9 Å². The highest BCUT2D eigenvalue weighted by molar-refractivity contribution is 6.30. The first kappa shape index (κ1) is 12.0. The average Bonchev–Trinajstić information content (AvgIpc) is 2.39. The summed E-state index contributed by atoms with van der Waals surface area (Å²) >= 11 is 6.00. The fraction of sp³-hybridized carbons (Fsp3) is 0.462. The maximum absolute atomic E-state index is 12.1. The van der Waals surface area contributed by atoms with E-state index in [1.165, 1.54) is 0 Å². The predicted octanol–water partition coefficient (Wildman–Crippen LogP) is 0.785. The molecule has 1 amide bonds. The fourth-order valence-electron chi connectivity index (χ4n) is 2.68. The standard InChI is InChI=1S/C13H16ClN3O/c14-10-3-1-2-9(6-10)11-8-17-5-4-15-7-12(17)13(18)16-11/h1-3,6,11-12,15H,4-5,7-8H2,(H,16,18)/t11?,12-/m0/s1. The summed E-state index contributed by atoms with van der Waals surface area (Å²) in [6, 6.07) is 7.74. The number of benzene rings is 1. The third kappa shape index (κ3) is 2.23. The lowest BCUT2D eigenvalue weighted by molar-refractivity contribution is -0.131. The first-order chi connectivity index (χ1) is 8.74. The summed E-state index contributed by atoms with van der Waals surface area (Å²) in [5.41, 5.74) is 1.08. The van der Waals surface area contributed by atoms with Crippen molar-refractivity contribution in [2.75, 3.05) is 26.2 Å². The van der Waals surface area contributed by atoms with E-state index < -0.39 is 0 Å². The van der Waals surface area contributed by atoms with Crippen LogP contribution in [0.15, 0.2) is 24.3 Å². The van der Waals surface area contributed by atoms with Crippen LogP contribution in [0.5, 0.6) is 0 Å². The van der Waals surface area contributed by atoms with E-state index >= 15 is 0 Å². The molecule has 1 unspecified atom stereocenters. The second kappa shape index (κ2) is 4.88. The van der Waals surface area contributed by atoms with Gasteiger partial charge in [0.25, 0.3) is 0 Å². The number of amides is 1. The normalized spacial score (nSPS) is 28.6. The SMILES string of the molecule is O=C1NC(c2cccc(Cl)c2)CN2CCNC[C@@H]12. The van der Waals surface area contributed by atoms with Crippen LogP contribution >= 0.6 is 11.6 Å². The van der Waals surface area contributed by atoms with Crippen molar-refractivity contribution < 1.29 is 4.79 Å². The highest BCUT2D eigenvalue weighted by Gasteiger charge is 2.36. The van der Waals surface area contributed by atoms with E-state index in [-0.39, 0.29) is 18.0 Å². The number of rotatable bonds is 1. The molecule has 0 bridgehead atoms. The van der Waals surface area contributed by atoms with Crippen molar-refractivity contribution in [2.45, 2.75) is 12.1 Å². The van der Waals surface area contributed by atoms with E-state index in [0.717, 1.165) is 31.7 Å². The van der Waals surface area contributed by atoms with Gasteiger partial charge >= 0.3 is 0 Å². The van der Waals surface area contributed by atoms with Crippen molar-refractivity contribution in [1.82, 2.24) is 15.5 Å². The second-order valence-electron chi connectivity index (χ2n) is 4.83. The molecule has 2 fully saturated rings. The molecule has 2 aliphatic rings. The number of nitrogens with one attached hydrogen (secondary N) is 2. The van der Waals surface area contributed by atoms with Gasteiger partial charge in [0.05, 0.1) is 6.04 Å². The first-order valence-corrected chi connectivity index (χ1v) is 6.62. The van der Waals surface area contributed by atoms with Gasteiger partial charge in [0, 0.05) is 31.2 Å². The minimum absolute atomic E-state index is 0.0193. The van der Waals surface area contributed by atoms with E-state index in [4.69, 9.17) is 11.6 Å². The van der Waals surface area contributed by atoms with Crippen LogP contribution in [0.25, 0.3) is 0 Å².